The van der Waals surface area contributed by atoms with Crippen molar-refractivity contribution in [1.82, 2.24) is 14.9 Å². The molecule has 1 aromatic carbocycles. The maximum absolute atomic E-state index is 15.1. The summed E-state index contributed by atoms with van der Waals surface area (Å²) < 4.78 is 70.0. The van der Waals surface area contributed by atoms with Crippen LogP contribution in [-0.2, 0) is 10.3 Å². The van der Waals surface area contributed by atoms with Gasteiger partial charge in [0, 0.05) is 37.3 Å². The van der Waals surface area contributed by atoms with Crippen LogP contribution < -0.4 is 15.8 Å². The van der Waals surface area contributed by atoms with Gasteiger partial charge in [0.25, 0.3) is 5.91 Å². The molecule has 1 aliphatic carbocycles. The summed E-state index contributed by atoms with van der Waals surface area (Å²) >= 11 is 1.09. The van der Waals surface area contributed by atoms with Gasteiger partial charge in [0.1, 0.15) is 10.4 Å². The van der Waals surface area contributed by atoms with Gasteiger partial charge in [-0.15, -0.1) is 0 Å². The van der Waals surface area contributed by atoms with Crippen molar-refractivity contribution in [3.63, 3.8) is 0 Å². The van der Waals surface area contributed by atoms with Crippen LogP contribution in [0.2, 0.25) is 0 Å². The van der Waals surface area contributed by atoms with Gasteiger partial charge in [-0.1, -0.05) is 11.8 Å². The topological polar surface area (TPSA) is 123 Å². The highest BCUT2D eigenvalue weighted by atomic mass is 32.2. The van der Waals surface area contributed by atoms with E-state index in [1.165, 1.54) is 11.0 Å². The van der Waals surface area contributed by atoms with Gasteiger partial charge >= 0.3 is 6.18 Å². The lowest BCUT2D eigenvalue weighted by Crippen LogP contribution is -2.43. The van der Waals surface area contributed by atoms with Crippen molar-refractivity contribution in [1.29, 1.82) is 0 Å². The zero-order valence-electron chi connectivity index (χ0n) is 19.7. The van der Waals surface area contributed by atoms with Gasteiger partial charge in [0.15, 0.2) is 23.4 Å². The molecule has 198 valence electrons. The van der Waals surface area contributed by atoms with Gasteiger partial charge in [-0.05, 0) is 19.4 Å². The number of carbonyl (C=O) groups is 2. The Morgan fingerprint density at radius 2 is 1.95 bits per heavy atom. The fraction of sp³-hybridized carbons (Fsp3) is 0.409. The van der Waals surface area contributed by atoms with Gasteiger partial charge in [-0.25, -0.2) is 18.7 Å². The molecule has 1 aliphatic heterocycles. The van der Waals surface area contributed by atoms with Crippen LogP contribution in [0.25, 0.3) is 0 Å². The number of aliphatic imine (C=N–C) groups is 1. The van der Waals surface area contributed by atoms with E-state index in [4.69, 9.17) is 5.73 Å². The predicted octanol–water partition coefficient (Wildman–Crippen LogP) is 3.07. The van der Waals surface area contributed by atoms with Crippen LogP contribution in [0, 0.1) is 17.6 Å². The van der Waals surface area contributed by atoms with Crippen LogP contribution in [0.15, 0.2) is 29.5 Å². The third-order valence-corrected chi connectivity index (χ3v) is 7.35. The summed E-state index contributed by atoms with van der Waals surface area (Å²) in [6.07, 6.45) is -2.54. The molecule has 9 nitrogen and oxygen atoms in total. The Hall–Kier alpha value is -3.49. The average Bonchev–Trinajstić information content (AvgIpc) is 3.55. The molecule has 0 saturated heterocycles. The van der Waals surface area contributed by atoms with Gasteiger partial charge in [-0.3, -0.25) is 14.6 Å². The Morgan fingerprint density at radius 3 is 2.54 bits per heavy atom. The van der Waals surface area contributed by atoms with Gasteiger partial charge in [0.05, 0.1) is 17.9 Å². The number of nitrogens with two attached hydrogens (primary N) is 1. The molecule has 0 bridgehead atoms. The van der Waals surface area contributed by atoms with Gasteiger partial charge in [0.2, 0.25) is 11.8 Å². The van der Waals surface area contributed by atoms with Crippen LogP contribution in [0.3, 0.4) is 0 Å². The number of aromatic nitrogens is 2. The van der Waals surface area contributed by atoms with Crippen LogP contribution in [0.1, 0.15) is 29.4 Å². The average molecular weight is 545 g/mol. The lowest BCUT2D eigenvalue weighted by molar-refractivity contribution is -0.154. The van der Waals surface area contributed by atoms with Crippen molar-refractivity contribution in [2.75, 3.05) is 26.0 Å². The molecule has 0 unspecified atom stereocenters. The summed E-state index contributed by atoms with van der Waals surface area (Å²) in [4.78, 5) is 38.5. The quantitative estimate of drug-likeness (QED) is 0.536. The minimum Gasteiger partial charge on any atom is -0.467 e. The molecule has 0 spiro atoms. The highest BCUT2D eigenvalue weighted by molar-refractivity contribution is 8.15. The summed E-state index contributed by atoms with van der Waals surface area (Å²) in [7, 11) is 3.17. The highest BCUT2D eigenvalue weighted by Gasteiger charge is 2.71. The molecular weight excluding hydrogens is 523 g/mol. The number of amidine groups is 1. The number of halogens is 5. The first-order valence-electron chi connectivity index (χ1n) is 10.7. The number of carbonyl (C=O) groups excluding carboxylic acids is 2. The molecule has 2 aromatic rings. The number of alkyl halides is 3. The number of nitrogens with zero attached hydrogens (tertiary/aromatic N) is 4. The maximum Gasteiger partial charge on any atom is 0.422 e. The van der Waals surface area contributed by atoms with E-state index in [1.807, 2.05) is 0 Å². The fourth-order valence-electron chi connectivity index (χ4n) is 4.32. The number of ether oxygens (including phenoxy) is 1. The van der Waals surface area contributed by atoms with Crippen molar-refractivity contribution >= 4 is 34.4 Å². The molecule has 1 saturated carbocycles. The van der Waals surface area contributed by atoms with Gasteiger partial charge < -0.3 is 20.7 Å². The number of hydrogen-bond donors (Lipinski definition) is 2. The molecule has 37 heavy (non-hydrogen) atoms. The summed E-state index contributed by atoms with van der Waals surface area (Å²) in [6.45, 7) is -0.0406. The lowest BCUT2D eigenvalue weighted by atomic mass is 9.85. The van der Waals surface area contributed by atoms with E-state index in [0.29, 0.717) is 6.42 Å². The van der Waals surface area contributed by atoms with E-state index in [9.17, 15) is 27.2 Å². The Morgan fingerprint density at radius 1 is 1.24 bits per heavy atom. The third kappa shape index (κ3) is 5.04. The predicted molar refractivity (Wildman–Crippen MR) is 124 cm³/mol. The number of rotatable bonds is 6. The lowest BCUT2D eigenvalue weighted by Gasteiger charge is -2.34. The van der Waals surface area contributed by atoms with Crippen molar-refractivity contribution in [3.8, 4) is 5.88 Å². The van der Waals surface area contributed by atoms with Crippen LogP contribution >= 0.6 is 11.8 Å². The number of benzene rings is 1. The zero-order chi connectivity index (χ0) is 27.3. The Balaban J connectivity index is 1.59. The highest BCUT2D eigenvalue weighted by Crippen LogP contribution is 2.66. The molecule has 1 aromatic heterocycles. The Bertz CT molecular complexity index is 1290. The second-order valence-electron chi connectivity index (χ2n) is 8.96. The van der Waals surface area contributed by atoms with E-state index in [-0.39, 0.29) is 28.0 Å². The summed E-state index contributed by atoms with van der Waals surface area (Å²) in [5, 5.41) is 2.41. The smallest absolute Gasteiger partial charge is 0.422 e. The molecule has 2 aliphatic rings. The van der Waals surface area contributed by atoms with Crippen LogP contribution in [0.4, 0.5) is 27.6 Å². The van der Waals surface area contributed by atoms with Crippen molar-refractivity contribution in [3.05, 3.63) is 47.4 Å². The standard InChI is InChI=1S/C22H21F5N6O3S/c1-20(14-6-21(14,18(35)33(2)3)37-19(28)32-20)11-4-10(5-12(23)16(11)24)31-17(34)13-7-30-15(8-29-13)36-9-22(25,26)27/h4-5,7-8,14H,6,9H2,1-3H3,(H2,28,32)(H,31,34)/t14-,20+,21-/m0/s1. The first-order valence-corrected chi connectivity index (χ1v) is 11.6. The number of nitrogens with one attached hydrogen (secondary N) is 1. The number of fused-ring (bicyclic) bond motifs is 1. The first kappa shape index (κ1) is 26.6. The molecule has 3 N–H and O–H groups in total. The van der Waals surface area contributed by atoms with Gasteiger partial charge in [-0.2, -0.15) is 13.2 Å². The summed E-state index contributed by atoms with van der Waals surface area (Å²) in [5.41, 5.74) is 3.94. The molecule has 2 amide bonds. The number of thioether (sulfide) groups is 1. The van der Waals surface area contributed by atoms with E-state index in [1.54, 1.807) is 21.0 Å². The number of anilines is 1. The Labute approximate surface area is 211 Å². The summed E-state index contributed by atoms with van der Waals surface area (Å²) in [6, 6.07) is 1.95. The molecule has 4 rings (SSSR count). The summed E-state index contributed by atoms with van der Waals surface area (Å²) in [5.74, 6) is -4.52. The fourth-order valence-corrected chi connectivity index (χ4v) is 5.82. The van der Waals surface area contributed by atoms with E-state index in [2.05, 4.69) is 25.0 Å². The maximum atomic E-state index is 15.1. The number of amides is 2. The monoisotopic (exact) mass is 544 g/mol. The molecule has 0 radical (unpaired) electrons. The second-order valence-corrected chi connectivity index (χ2v) is 10.3. The second kappa shape index (κ2) is 9.11. The zero-order valence-corrected chi connectivity index (χ0v) is 20.5. The SMILES string of the molecule is CN(C)C(=O)[C@]12C[C@H]1[C@@](C)(c1cc(NC(=O)c3cnc(OCC(F)(F)F)cn3)cc(F)c1F)N=C(N)S2. The molecule has 2 heterocycles. The molecule has 3 atom stereocenters. The normalized spacial score (nSPS) is 24.5. The third-order valence-electron chi connectivity index (χ3n) is 6.06. The van der Waals surface area contributed by atoms with Crippen molar-refractivity contribution in [2.45, 2.75) is 29.8 Å². The first-order chi connectivity index (χ1) is 17.2. The molecule has 1 fully saturated rings. The van der Waals surface area contributed by atoms with E-state index >= 15 is 4.39 Å². The minimum absolute atomic E-state index is 0.0452. The minimum atomic E-state index is -4.58. The molecule has 15 heteroatoms. The van der Waals surface area contributed by atoms with Crippen molar-refractivity contribution < 1.29 is 36.3 Å². The largest absolute Gasteiger partial charge is 0.467 e. The van der Waals surface area contributed by atoms with Crippen LogP contribution in [-0.4, -0.2) is 63.5 Å². The van der Waals surface area contributed by atoms with E-state index < -0.39 is 52.4 Å². The van der Waals surface area contributed by atoms with E-state index in [0.717, 1.165) is 30.2 Å². The Kier molecular flexibility index (Phi) is 6.55. The van der Waals surface area contributed by atoms with Crippen molar-refractivity contribution in [2.24, 2.45) is 16.6 Å². The van der Waals surface area contributed by atoms with Crippen LogP contribution in [0.5, 0.6) is 5.88 Å². The molecular formula is C22H21F5N6O3S. The number of hydrogen-bond acceptors (Lipinski definition) is 8.